The van der Waals surface area contributed by atoms with Gasteiger partial charge in [-0.15, -0.1) is 0 Å². The molecule has 0 bridgehead atoms. The molecule has 1 aromatic heterocycles. The molecule has 0 radical (unpaired) electrons. The maximum absolute atomic E-state index is 12.8. The van der Waals surface area contributed by atoms with Crippen LogP contribution in [-0.2, 0) is 30.6 Å². The van der Waals surface area contributed by atoms with Crippen LogP contribution in [0.25, 0.3) is 0 Å². The average Bonchev–Trinajstić information content (AvgIpc) is 2.95. The molecule has 0 aliphatic carbocycles. The molecular weight excluding hydrogens is 374 g/mol. The second kappa shape index (κ2) is 10.7. The molecule has 1 saturated heterocycles. The Hall–Kier alpha value is -2.18. The number of H-pyrrole nitrogens is 1. The lowest BCUT2D eigenvalue weighted by molar-refractivity contribution is -0.117. The van der Waals surface area contributed by atoms with Crippen molar-refractivity contribution < 1.29 is 4.79 Å². The first-order valence-electron chi connectivity index (χ1n) is 11.4. The van der Waals surface area contributed by atoms with Gasteiger partial charge in [0.25, 0.3) is 0 Å². The lowest BCUT2D eigenvalue weighted by Crippen LogP contribution is -2.36. The van der Waals surface area contributed by atoms with Crippen molar-refractivity contribution in [1.82, 2.24) is 19.8 Å². The van der Waals surface area contributed by atoms with Crippen molar-refractivity contribution in [2.75, 3.05) is 38.0 Å². The molecule has 0 unspecified atom stereocenters. The molecule has 2 N–H and O–H groups in total. The van der Waals surface area contributed by atoms with Gasteiger partial charge in [0.2, 0.25) is 5.91 Å². The summed E-state index contributed by atoms with van der Waals surface area (Å²) < 4.78 is 0. The quantitative estimate of drug-likeness (QED) is 0.697. The van der Waals surface area contributed by atoms with Crippen LogP contribution in [0.4, 0.5) is 5.69 Å². The summed E-state index contributed by atoms with van der Waals surface area (Å²) in [7, 11) is 0. The Balaban J connectivity index is 1.55. The van der Waals surface area contributed by atoms with Crippen LogP contribution in [0.5, 0.6) is 0 Å². The number of hydrogen-bond acceptors (Lipinski definition) is 4. The van der Waals surface area contributed by atoms with Crippen LogP contribution in [0, 0.1) is 6.92 Å². The molecule has 1 amide bonds. The van der Waals surface area contributed by atoms with Crippen molar-refractivity contribution in [2.45, 2.75) is 59.9 Å². The molecule has 164 valence electrons. The number of aromatic nitrogens is 2. The molecule has 0 spiro atoms. The molecule has 0 atom stereocenters. The van der Waals surface area contributed by atoms with E-state index >= 15 is 0 Å². The number of imidazole rings is 1. The minimum absolute atomic E-state index is 0.0924. The summed E-state index contributed by atoms with van der Waals surface area (Å²) in [6.07, 6.45) is 3.86. The van der Waals surface area contributed by atoms with Crippen molar-refractivity contribution in [3.8, 4) is 0 Å². The third-order valence-corrected chi connectivity index (χ3v) is 6.05. The fraction of sp³-hybridized carbons (Fsp3) is 0.583. The molecule has 6 heteroatoms. The van der Waals surface area contributed by atoms with E-state index < -0.39 is 0 Å². The predicted molar refractivity (Wildman–Crippen MR) is 123 cm³/mol. The topological polar surface area (TPSA) is 64.3 Å². The summed E-state index contributed by atoms with van der Waals surface area (Å²) in [5, 5.41) is 3.21. The number of carbonyl (C=O) groups is 1. The monoisotopic (exact) mass is 411 g/mol. The number of rotatable bonds is 8. The highest BCUT2D eigenvalue weighted by Crippen LogP contribution is 2.22. The molecule has 1 fully saturated rings. The molecular formula is C24H37N5O. The van der Waals surface area contributed by atoms with Crippen molar-refractivity contribution in [1.29, 1.82) is 0 Å². The maximum Gasteiger partial charge on any atom is 0.238 e. The first-order chi connectivity index (χ1) is 14.5. The van der Waals surface area contributed by atoms with Crippen LogP contribution in [0.2, 0.25) is 0 Å². The van der Waals surface area contributed by atoms with Gasteiger partial charge in [0.05, 0.1) is 12.2 Å². The smallest absolute Gasteiger partial charge is 0.238 e. The van der Waals surface area contributed by atoms with Crippen molar-refractivity contribution >= 4 is 11.6 Å². The highest BCUT2D eigenvalue weighted by Gasteiger charge is 2.19. The van der Waals surface area contributed by atoms with E-state index in [1.165, 1.54) is 16.8 Å². The van der Waals surface area contributed by atoms with Crippen LogP contribution in [0.1, 0.15) is 55.5 Å². The van der Waals surface area contributed by atoms with E-state index in [2.05, 4.69) is 66.0 Å². The SMILES string of the molecule is CCc1nc(CN2CCCN(CC(=O)Nc3c(CC)cccc3CC)CC2)c(C)[nH]1. The number of nitrogens with zero attached hydrogens (tertiary/aromatic N) is 3. The number of para-hydroxylation sites is 1. The van der Waals surface area contributed by atoms with E-state index in [1.54, 1.807) is 0 Å². The van der Waals surface area contributed by atoms with Gasteiger partial charge >= 0.3 is 0 Å². The fourth-order valence-corrected chi connectivity index (χ4v) is 4.22. The van der Waals surface area contributed by atoms with Gasteiger partial charge in [-0.05, 0) is 50.4 Å². The number of nitrogens with one attached hydrogen (secondary N) is 2. The number of hydrogen-bond donors (Lipinski definition) is 2. The van der Waals surface area contributed by atoms with Gasteiger partial charge in [-0.3, -0.25) is 14.6 Å². The first kappa shape index (κ1) is 22.5. The minimum atomic E-state index is 0.0924. The van der Waals surface area contributed by atoms with Crippen LogP contribution < -0.4 is 5.32 Å². The number of amides is 1. The first-order valence-corrected chi connectivity index (χ1v) is 11.4. The largest absolute Gasteiger partial charge is 0.346 e. The van der Waals surface area contributed by atoms with Crippen LogP contribution in [0.15, 0.2) is 18.2 Å². The summed E-state index contributed by atoms with van der Waals surface area (Å²) in [6.45, 7) is 13.7. The van der Waals surface area contributed by atoms with Crippen molar-refractivity contribution in [2.24, 2.45) is 0 Å². The van der Waals surface area contributed by atoms with Crippen molar-refractivity contribution in [3.05, 3.63) is 46.5 Å². The number of aromatic amines is 1. The van der Waals surface area contributed by atoms with Crippen molar-refractivity contribution in [3.63, 3.8) is 0 Å². The maximum atomic E-state index is 12.8. The zero-order valence-corrected chi connectivity index (χ0v) is 19.1. The molecule has 2 heterocycles. The number of carbonyl (C=O) groups excluding carboxylic acids is 1. The zero-order valence-electron chi connectivity index (χ0n) is 19.1. The van der Waals surface area contributed by atoms with Gasteiger partial charge in [0.15, 0.2) is 0 Å². The number of anilines is 1. The van der Waals surface area contributed by atoms with Gasteiger partial charge in [-0.1, -0.05) is 39.0 Å². The lowest BCUT2D eigenvalue weighted by Gasteiger charge is -2.22. The Bertz CT molecular complexity index is 822. The number of aryl methyl sites for hydroxylation is 4. The molecule has 2 aromatic rings. The summed E-state index contributed by atoms with van der Waals surface area (Å²) in [4.78, 5) is 25.6. The highest BCUT2D eigenvalue weighted by molar-refractivity contribution is 5.93. The normalized spacial score (nSPS) is 15.9. The van der Waals surface area contributed by atoms with Gasteiger partial charge < -0.3 is 10.3 Å². The molecule has 1 aliphatic heterocycles. The average molecular weight is 412 g/mol. The predicted octanol–water partition coefficient (Wildman–Crippen LogP) is 3.55. The minimum Gasteiger partial charge on any atom is -0.346 e. The van der Waals surface area contributed by atoms with Gasteiger partial charge in [-0.25, -0.2) is 4.98 Å². The molecule has 0 saturated carbocycles. The van der Waals surface area contributed by atoms with Crippen LogP contribution >= 0.6 is 0 Å². The summed E-state index contributed by atoms with van der Waals surface area (Å²) in [5.41, 5.74) is 5.77. The van der Waals surface area contributed by atoms with E-state index in [-0.39, 0.29) is 5.91 Å². The molecule has 1 aromatic carbocycles. The summed E-state index contributed by atoms with van der Waals surface area (Å²) in [6, 6.07) is 6.31. The zero-order chi connectivity index (χ0) is 21.5. The third-order valence-electron chi connectivity index (χ3n) is 6.05. The van der Waals surface area contributed by atoms with Gasteiger partial charge in [0.1, 0.15) is 5.82 Å². The number of benzene rings is 1. The molecule has 6 nitrogen and oxygen atoms in total. The fourth-order valence-electron chi connectivity index (χ4n) is 4.22. The van der Waals surface area contributed by atoms with Gasteiger partial charge in [0, 0.05) is 37.4 Å². The Morgan fingerprint density at radius 2 is 1.70 bits per heavy atom. The molecule has 30 heavy (non-hydrogen) atoms. The second-order valence-corrected chi connectivity index (χ2v) is 8.22. The van der Waals surface area contributed by atoms with E-state index in [1.807, 2.05) is 0 Å². The Kier molecular flexibility index (Phi) is 8.05. The standard InChI is InChI=1S/C24H37N5O/c1-5-19-10-8-11-20(6-2)24(19)27-23(30)17-29-13-9-12-28(14-15-29)16-21-18(4)25-22(7-3)26-21/h8,10-11H,5-7,9,12-17H2,1-4H3,(H,25,26)(H,27,30). The van der Waals surface area contributed by atoms with E-state index in [0.29, 0.717) is 6.54 Å². The Labute approximate surface area is 181 Å². The molecule has 1 aliphatic rings. The van der Waals surface area contributed by atoms with Gasteiger partial charge in [-0.2, -0.15) is 0 Å². The summed E-state index contributed by atoms with van der Waals surface area (Å²) in [5.74, 6) is 1.16. The van der Waals surface area contributed by atoms with E-state index in [4.69, 9.17) is 4.98 Å². The van der Waals surface area contributed by atoms with E-state index in [0.717, 1.165) is 75.6 Å². The Morgan fingerprint density at radius 3 is 2.33 bits per heavy atom. The van der Waals surface area contributed by atoms with Crippen LogP contribution in [-0.4, -0.2) is 58.4 Å². The highest BCUT2D eigenvalue weighted by atomic mass is 16.2. The third kappa shape index (κ3) is 5.70. The molecule has 3 rings (SSSR count). The Morgan fingerprint density at radius 1 is 1.03 bits per heavy atom. The lowest BCUT2D eigenvalue weighted by atomic mass is 10.0. The van der Waals surface area contributed by atoms with E-state index in [9.17, 15) is 4.79 Å². The summed E-state index contributed by atoms with van der Waals surface area (Å²) >= 11 is 0. The second-order valence-electron chi connectivity index (χ2n) is 8.22. The van der Waals surface area contributed by atoms with Crippen LogP contribution in [0.3, 0.4) is 0 Å².